The van der Waals surface area contributed by atoms with E-state index in [2.05, 4.69) is 84.0 Å². The molecule has 4 aromatic rings. The summed E-state index contributed by atoms with van der Waals surface area (Å²) >= 11 is 0. The summed E-state index contributed by atoms with van der Waals surface area (Å²) in [4.78, 5) is 8.92. The van der Waals surface area contributed by atoms with Crippen LogP contribution in [0.2, 0.25) is 0 Å². The lowest BCUT2D eigenvalue weighted by atomic mass is 9.94. The summed E-state index contributed by atoms with van der Waals surface area (Å²) in [6.45, 7) is 3.19. The third-order valence-electron chi connectivity index (χ3n) is 5.57. The Labute approximate surface area is 185 Å². The van der Waals surface area contributed by atoms with Crippen molar-refractivity contribution in [2.75, 3.05) is 7.05 Å². The van der Waals surface area contributed by atoms with Crippen molar-refractivity contribution in [1.82, 2.24) is 15.3 Å². The van der Waals surface area contributed by atoms with Crippen molar-refractivity contribution < 1.29 is 0 Å². The van der Waals surface area contributed by atoms with Crippen LogP contribution in [-0.4, -0.2) is 17.0 Å². The molecule has 0 saturated carbocycles. The first-order valence-electron chi connectivity index (χ1n) is 10.9. The molecule has 31 heavy (non-hydrogen) atoms. The Morgan fingerprint density at radius 2 is 1.39 bits per heavy atom. The van der Waals surface area contributed by atoms with E-state index in [-0.39, 0.29) is 0 Å². The molecule has 2 aromatic carbocycles. The Balaban J connectivity index is 1.34. The molecule has 0 spiro atoms. The number of nitrogens with zero attached hydrogens (tertiary/aromatic N) is 2. The van der Waals surface area contributed by atoms with E-state index in [1.165, 1.54) is 22.3 Å². The maximum Gasteiger partial charge on any atom is 0.0702 e. The highest BCUT2D eigenvalue weighted by Crippen LogP contribution is 2.22. The second-order valence-electron chi connectivity index (χ2n) is 8.23. The fraction of sp³-hybridized carbons (Fsp3) is 0.214. The van der Waals surface area contributed by atoms with E-state index in [9.17, 15) is 0 Å². The molecule has 1 atom stereocenters. The Morgan fingerprint density at radius 1 is 0.710 bits per heavy atom. The van der Waals surface area contributed by atoms with Gasteiger partial charge in [0.05, 0.1) is 5.69 Å². The number of hydrogen-bond acceptors (Lipinski definition) is 3. The van der Waals surface area contributed by atoms with Gasteiger partial charge in [0, 0.05) is 30.7 Å². The molecular formula is C28H29N3. The summed E-state index contributed by atoms with van der Waals surface area (Å²) < 4.78 is 0. The molecule has 2 aromatic heterocycles. The van der Waals surface area contributed by atoms with Gasteiger partial charge in [0.2, 0.25) is 0 Å². The van der Waals surface area contributed by atoms with Crippen molar-refractivity contribution in [3.8, 4) is 22.4 Å². The topological polar surface area (TPSA) is 37.8 Å². The van der Waals surface area contributed by atoms with Crippen molar-refractivity contribution >= 4 is 0 Å². The van der Waals surface area contributed by atoms with Gasteiger partial charge in [0.15, 0.2) is 0 Å². The van der Waals surface area contributed by atoms with Gasteiger partial charge in [-0.15, -0.1) is 0 Å². The molecule has 4 rings (SSSR count). The molecule has 0 saturated heterocycles. The maximum atomic E-state index is 4.71. The fourth-order valence-corrected chi connectivity index (χ4v) is 3.96. The van der Waals surface area contributed by atoms with Gasteiger partial charge in [0.25, 0.3) is 0 Å². The lowest BCUT2D eigenvalue weighted by Gasteiger charge is -2.12. The highest BCUT2D eigenvalue weighted by atomic mass is 14.8. The van der Waals surface area contributed by atoms with Crippen LogP contribution in [0.3, 0.4) is 0 Å². The molecule has 2 heterocycles. The van der Waals surface area contributed by atoms with Crippen molar-refractivity contribution in [3.05, 3.63) is 108 Å². The molecule has 0 fully saturated rings. The monoisotopic (exact) mass is 407 g/mol. The minimum Gasteiger partial charge on any atom is -0.316 e. The number of nitrogens with one attached hydrogen (secondary N) is 1. The number of pyridine rings is 2. The van der Waals surface area contributed by atoms with Crippen LogP contribution < -0.4 is 5.32 Å². The third-order valence-corrected chi connectivity index (χ3v) is 5.57. The minimum atomic E-state index is 0.553. The van der Waals surface area contributed by atoms with E-state index in [1.807, 2.05) is 31.7 Å². The van der Waals surface area contributed by atoms with E-state index in [4.69, 9.17) is 4.98 Å². The molecule has 0 aliphatic rings. The zero-order valence-electron chi connectivity index (χ0n) is 18.3. The minimum absolute atomic E-state index is 0.553. The summed E-state index contributed by atoms with van der Waals surface area (Å²) in [5.41, 5.74) is 8.49. The largest absolute Gasteiger partial charge is 0.316 e. The lowest BCUT2D eigenvalue weighted by Crippen LogP contribution is -2.05. The molecule has 0 aliphatic carbocycles. The van der Waals surface area contributed by atoms with Crippen molar-refractivity contribution in [3.63, 3.8) is 0 Å². The molecular weight excluding hydrogens is 378 g/mol. The summed E-state index contributed by atoms with van der Waals surface area (Å²) in [5, 5.41) is 3.18. The zero-order valence-corrected chi connectivity index (χ0v) is 18.3. The standard InChI is InChI=1S/C28H29N3/c1-21(16-22-5-10-25(11-6-22)27-4-3-15-30-20-27)17-24-9-14-28(31-19-24)26-12-7-23(8-13-26)18-29-2/h3-15,19-21,29H,16-18H2,1-2H3. The van der Waals surface area contributed by atoms with Crippen LogP contribution in [0.4, 0.5) is 0 Å². The molecule has 3 heteroatoms. The van der Waals surface area contributed by atoms with Gasteiger partial charge in [-0.25, -0.2) is 0 Å². The van der Waals surface area contributed by atoms with Crippen molar-refractivity contribution in [2.45, 2.75) is 26.3 Å². The normalized spacial score (nSPS) is 11.9. The molecule has 0 amide bonds. The summed E-state index contributed by atoms with van der Waals surface area (Å²) in [5.74, 6) is 0.553. The third kappa shape index (κ3) is 5.65. The lowest BCUT2D eigenvalue weighted by molar-refractivity contribution is 0.576. The average molecular weight is 408 g/mol. The molecule has 3 nitrogen and oxygen atoms in total. The highest BCUT2D eigenvalue weighted by Gasteiger charge is 2.07. The maximum absolute atomic E-state index is 4.71. The van der Waals surface area contributed by atoms with E-state index in [1.54, 1.807) is 0 Å². The Kier molecular flexibility index (Phi) is 6.85. The number of hydrogen-bond donors (Lipinski definition) is 1. The van der Waals surface area contributed by atoms with Crippen LogP contribution in [0.1, 0.15) is 23.6 Å². The van der Waals surface area contributed by atoms with Gasteiger partial charge >= 0.3 is 0 Å². The molecule has 0 aliphatic heterocycles. The average Bonchev–Trinajstić information content (AvgIpc) is 2.81. The first-order chi connectivity index (χ1) is 15.2. The Bertz CT molecular complexity index is 1070. The van der Waals surface area contributed by atoms with Gasteiger partial charge in [-0.05, 0) is 65.8 Å². The number of aromatic nitrogens is 2. The van der Waals surface area contributed by atoms with Gasteiger partial charge < -0.3 is 5.32 Å². The van der Waals surface area contributed by atoms with Crippen LogP contribution in [-0.2, 0) is 19.4 Å². The molecule has 0 radical (unpaired) electrons. The van der Waals surface area contributed by atoms with Crippen LogP contribution in [0.15, 0.2) is 91.4 Å². The van der Waals surface area contributed by atoms with Gasteiger partial charge in [0.1, 0.15) is 0 Å². The van der Waals surface area contributed by atoms with Crippen LogP contribution >= 0.6 is 0 Å². The van der Waals surface area contributed by atoms with E-state index >= 15 is 0 Å². The van der Waals surface area contributed by atoms with Crippen LogP contribution in [0.5, 0.6) is 0 Å². The summed E-state index contributed by atoms with van der Waals surface area (Å²) in [6.07, 6.45) is 7.83. The summed E-state index contributed by atoms with van der Waals surface area (Å²) in [7, 11) is 1.96. The van der Waals surface area contributed by atoms with Gasteiger partial charge in [-0.2, -0.15) is 0 Å². The van der Waals surface area contributed by atoms with E-state index < -0.39 is 0 Å². The quantitative estimate of drug-likeness (QED) is 0.392. The second kappa shape index (κ2) is 10.1. The first-order valence-corrected chi connectivity index (χ1v) is 10.9. The smallest absolute Gasteiger partial charge is 0.0702 e. The summed E-state index contributed by atoms with van der Waals surface area (Å²) in [6, 6.07) is 25.9. The Morgan fingerprint density at radius 3 is 2.03 bits per heavy atom. The van der Waals surface area contributed by atoms with Crippen molar-refractivity contribution in [1.29, 1.82) is 0 Å². The number of rotatable bonds is 8. The molecule has 1 N–H and O–H groups in total. The molecule has 156 valence electrons. The van der Waals surface area contributed by atoms with E-state index in [0.717, 1.165) is 36.2 Å². The van der Waals surface area contributed by atoms with Gasteiger partial charge in [-0.1, -0.05) is 67.6 Å². The highest BCUT2D eigenvalue weighted by molar-refractivity contribution is 5.62. The fourth-order valence-electron chi connectivity index (χ4n) is 3.96. The molecule has 1 unspecified atom stereocenters. The van der Waals surface area contributed by atoms with Crippen LogP contribution in [0, 0.1) is 5.92 Å². The molecule has 0 bridgehead atoms. The van der Waals surface area contributed by atoms with E-state index in [0.29, 0.717) is 5.92 Å². The van der Waals surface area contributed by atoms with Gasteiger partial charge in [-0.3, -0.25) is 9.97 Å². The predicted molar refractivity (Wildman–Crippen MR) is 129 cm³/mol. The SMILES string of the molecule is CNCc1ccc(-c2ccc(CC(C)Cc3ccc(-c4cccnc4)cc3)cn2)cc1. The predicted octanol–water partition coefficient (Wildman–Crippen LogP) is 5.95. The second-order valence-corrected chi connectivity index (χ2v) is 8.23. The number of benzene rings is 2. The Hall–Kier alpha value is -3.30. The van der Waals surface area contributed by atoms with Crippen molar-refractivity contribution in [2.24, 2.45) is 5.92 Å². The first kappa shape index (κ1) is 21.0. The zero-order chi connectivity index (χ0) is 21.5. The van der Waals surface area contributed by atoms with Crippen LogP contribution in [0.25, 0.3) is 22.4 Å².